The summed E-state index contributed by atoms with van der Waals surface area (Å²) in [6, 6.07) is 15.2. The van der Waals surface area contributed by atoms with E-state index in [0.717, 1.165) is 22.1 Å². The molecular formula is C18H15N3O2. The van der Waals surface area contributed by atoms with E-state index in [1.807, 2.05) is 28.7 Å². The second-order valence-corrected chi connectivity index (χ2v) is 5.44. The van der Waals surface area contributed by atoms with Gasteiger partial charge in [0.05, 0.1) is 18.2 Å². The molecule has 0 fully saturated rings. The van der Waals surface area contributed by atoms with Gasteiger partial charge in [-0.2, -0.15) is 0 Å². The maximum atomic E-state index is 10.3. The average Bonchev–Trinajstić information content (AvgIpc) is 2.99. The van der Waals surface area contributed by atoms with Crippen LogP contribution in [0.4, 0.5) is 0 Å². The molecule has 4 rings (SSSR count). The van der Waals surface area contributed by atoms with Gasteiger partial charge in [-0.05, 0) is 42.8 Å². The van der Waals surface area contributed by atoms with Crippen LogP contribution in [0.1, 0.15) is 5.56 Å². The van der Waals surface area contributed by atoms with Gasteiger partial charge in [0.1, 0.15) is 11.5 Å². The van der Waals surface area contributed by atoms with Gasteiger partial charge in [-0.25, -0.2) is 0 Å². The first kappa shape index (κ1) is 13.6. The fourth-order valence-corrected chi connectivity index (χ4v) is 2.90. The summed E-state index contributed by atoms with van der Waals surface area (Å²) in [5.74, 6) is 1.39. The van der Waals surface area contributed by atoms with E-state index in [9.17, 15) is 5.11 Å². The van der Waals surface area contributed by atoms with Crippen LogP contribution in [0, 0.1) is 6.92 Å². The number of fused-ring (bicyclic) bond motifs is 3. The van der Waals surface area contributed by atoms with Crippen molar-refractivity contribution in [1.82, 2.24) is 14.6 Å². The quantitative estimate of drug-likeness (QED) is 0.615. The minimum absolute atomic E-state index is 0.143. The van der Waals surface area contributed by atoms with E-state index in [0.29, 0.717) is 17.1 Å². The lowest BCUT2D eigenvalue weighted by molar-refractivity contribution is 0.412. The Kier molecular flexibility index (Phi) is 2.94. The molecule has 2 aromatic carbocycles. The number of aromatic hydroxyl groups is 1. The third-order valence-electron chi connectivity index (χ3n) is 4.05. The third kappa shape index (κ3) is 2.01. The maximum Gasteiger partial charge on any atom is 0.172 e. The normalized spacial score (nSPS) is 11.2. The summed E-state index contributed by atoms with van der Waals surface area (Å²) in [7, 11) is 1.59. The number of aryl methyl sites for hydroxylation is 1. The van der Waals surface area contributed by atoms with Gasteiger partial charge in [0.25, 0.3) is 0 Å². The van der Waals surface area contributed by atoms with Crippen molar-refractivity contribution in [3.05, 3.63) is 54.1 Å². The highest BCUT2D eigenvalue weighted by Gasteiger charge is 2.16. The molecule has 2 heterocycles. The van der Waals surface area contributed by atoms with Crippen molar-refractivity contribution in [2.45, 2.75) is 6.92 Å². The molecule has 0 bridgehead atoms. The first-order chi connectivity index (χ1) is 11.2. The number of hydrogen-bond donors (Lipinski definition) is 1. The lowest BCUT2D eigenvalue weighted by Crippen LogP contribution is -1.95. The number of rotatable bonds is 2. The molecular weight excluding hydrogens is 290 g/mol. The van der Waals surface area contributed by atoms with Crippen LogP contribution < -0.4 is 4.74 Å². The lowest BCUT2D eigenvalue weighted by atomic mass is 10.1. The molecule has 0 aliphatic carbocycles. The van der Waals surface area contributed by atoms with E-state index in [1.54, 1.807) is 25.3 Å². The molecule has 0 atom stereocenters. The van der Waals surface area contributed by atoms with E-state index in [-0.39, 0.29) is 5.75 Å². The second-order valence-electron chi connectivity index (χ2n) is 5.44. The minimum Gasteiger partial charge on any atom is -0.507 e. The molecule has 0 radical (unpaired) electrons. The van der Waals surface area contributed by atoms with Gasteiger partial charge in [0.15, 0.2) is 11.5 Å². The largest absolute Gasteiger partial charge is 0.507 e. The van der Waals surface area contributed by atoms with Gasteiger partial charge in [0, 0.05) is 5.39 Å². The average molecular weight is 305 g/mol. The summed E-state index contributed by atoms with van der Waals surface area (Å²) in [5, 5.41) is 19.9. The van der Waals surface area contributed by atoms with Crippen LogP contribution in [-0.2, 0) is 0 Å². The van der Waals surface area contributed by atoms with E-state index in [2.05, 4.69) is 23.2 Å². The van der Waals surface area contributed by atoms with Crippen LogP contribution in [0.2, 0.25) is 0 Å². The summed E-state index contributed by atoms with van der Waals surface area (Å²) >= 11 is 0. The highest BCUT2D eigenvalue weighted by molar-refractivity contribution is 5.87. The number of para-hydroxylation sites is 1. The Morgan fingerprint density at radius 3 is 2.70 bits per heavy atom. The highest BCUT2D eigenvalue weighted by atomic mass is 16.5. The molecule has 0 unspecified atom stereocenters. The number of methoxy groups -OCH3 is 1. The Morgan fingerprint density at radius 2 is 1.87 bits per heavy atom. The number of hydrogen-bond acceptors (Lipinski definition) is 4. The van der Waals surface area contributed by atoms with E-state index < -0.39 is 0 Å². The second kappa shape index (κ2) is 4.98. The standard InChI is InChI=1S/C18H15N3O2/c1-11-9-17-19-20-18(14-10-12(23-2)7-8-16(14)22)21(17)15-6-4-3-5-13(11)15/h3-10,22H,1-2H3. The lowest BCUT2D eigenvalue weighted by Gasteiger charge is -2.09. The van der Waals surface area contributed by atoms with Crippen LogP contribution in [0.5, 0.6) is 11.5 Å². The Bertz CT molecular complexity index is 1040. The van der Waals surface area contributed by atoms with E-state index >= 15 is 0 Å². The van der Waals surface area contributed by atoms with Crippen LogP contribution >= 0.6 is 0 Å². The summed E-state index contributed by atoms with van der Waals surface area (Å²) < 4.78 is 7.21. The SMILES string of the molecule is COc1ccc(O)c(-c2nnc3cc(C)c4ccccc4n23)c1. The number of phenolic OH excluding ortho intramolecular Hbond substituents is 1. The van der Waals surface area contributed by atoms with Crippen molar-refractivity contribution in [2.24, 2.45) is 0 Å². The first-order valence-corrected chi connectivity index (χ1v) is 7.30. The number of phenols is 1. The first-order valence-electron chi connectivity index (χ1n) is 7.30. The third-order valence-corrected chi connectivity index (χ3v) is 4.05. The van der Waals surface area contributed by atoms with Gasteiger partial charge in [0.2, 0.25) is 0 Å². The smallest absolute Gasteiger partial charge is 0.172 e. The van der Waals surface area contributed by atoms with Gasteiger partial charge in [-0.1, -0.05) is 18.2 Å². The molecule has 0 spiro atoms. The zero-order chi connectivity index (χ0) is 16.0. The van der Waals surface area contributed by atoms with Crippen molar-refractivity contribution in [1.29, 1.82) is 0 Å². The van der Waals surface area contributed by atoms with Crippen LogP contribution in [0.25, 0.3) is 27.9 Å². The number of aromatic nitrogens is 3. The Morgan fingerprint density at radius 1 is 1.04 bits per heavy atom. The molecule has 0 saturated heterocycles. The summed E-state index contributed by atoms with van der Waals surface area (Å²) in [4.78, 5) is 0. The number of ether oxygens (including phenoxy) is 1. The molecule has 23 heavy (non-hydrogen) atoms. The van der Waals surface area contributed by atoms with Crippen LogP contribution in [0.15, 0.2) is 48.5 Å². The minimum atomic E-state index is 0.143. The van der Waals surface area contributed by atoms with Gasteiger partial charge in [-0.3, -0.25) is 4.40 Å². The van der Waals surface area contributed by atoms with Gasteiger partial charge < -0.3 is 9.84 Å². The van der Waals surface area contributed by atoms with Crippen LogP contribution in [0.3, 0.4) is 0 Å². The van der Waals surface area contributed by atoms with Gasteiger partial charge >= 0.3 is 0 Å². The fourth-order valence-electron chi connectivity index (χ4n) is 2.90. The zero-order valence-corrected chi connectivity index (χ0v) is 12.8. The Labute approximate surface area is 132 Å². The molecule has 2 aromatic heterocycles. The van der Waals surface area contributed by atoms with Crippen molar-refractivity contribution >= 4 is 16.6 Å². The number of pyridine rings is 1. The topological polar surface area (TPSA) is 59.7 Å². The van der Waals surface area contributed by atoms with E-state index in [1.165, 1.54) is 0 Å². The van der Waals surface area contributed by atoms with Crippen molar-refractivity contribution in [2.75, 3.05) is 7.11 Å². The van der Waals surface area contributed by atoms with E-state index in [4.69, 9.17) is 4.74 Å². The van der Waals surface area contributed by atoms with Crippen molar-refractivity contribution in [3.8, 4) is 22.9 Å². The summed E-state index contributed by atoms with van der Waals surface area (Å²) in [6.07, 6.45) is 0. The molecule has 1 N–H and O–H groups in total. The highest BCUT2D eigenvalue weighted by Crippen LogP contribution is 2.33. The number of nitrogens with zero attached hydrogens (tertiary/aromatic N) is 3. The Hall–Kier alpha value is -3.08. The Balaban J connectivity index is 2.12. The van der Waals surface area contributed by atoms with Gasteiger partial charge in [-0.15, -0.1) is 10.2 Å². The molecule has 5 heteroatoms. The molecule has 0 saturated carbocycles. The van der Waals surface area contributed by atoms with Crippen molar-refractivity contribution < 1.29 is 9.84 Å². The predicted octanol–water partition coefficient (Wildman–Crippen LogP) is 3.57. The monoisotopic (exact) mass is 305 g/mol. The summed E-state index contributed by atoms with van der Waals surface area (Å²) in [6.45, 7) is 2.06. The number of benzene rings is 2. The van der Waals surface area contributed by atoms with Crippen LogP contribution in [-0.4, -0.2) is 26.8 Å². The predicted molar refractivity (Wildman–Crippen MR) is 88.9 cm³/mol. The molecule has 0 aliphatic heterocycles. The molecule has 114 valence electrons. The summed E-state index contributed by atoms with van der Waals surface area (Å²) in [5.41, 5.74) is 3.48. The molecule has 4 aromatic rings. The molecule has 0 aliphatic rings. The fraction of sp³-hybridized carbons (Fsp3) is 0.111. The zero-order valence-electron chi connectivity index (χ0n) is 12.8. The van der Waals surface area contributed by atoms with Crippen molar-refractivity contribution in [3.63, 3.8) is 0 Å². The maximum absolute atomic E-state index is 10.3. The molecule has 0 amide bonds. The molecule has 5 nitrogen and oxygen atoms in total.